The molecule has 0 aliphatic carbocycles. The molecule has 0 radical (unpaired) electrons. The Balaban J connectivity index is 2.91. The van der Waals surface area contributed by atoms with E-state index in [1.165, 1.54) is 6.33 Å². The van der Waals surface area contributed by atoms with Gasteiger partial charge in [-0.15, -0.1) is 0 Å². The van der Waals surface area contributed by atoms with E-state index in [0.29, 0.717) is 0 Å². The molecule has 0 N–H and O–H groups in total. The van der Waals surface area contributed by atoms with Crippen LogP contribution in [0.15, 0.2) is 24.8 Å². The molecular weight excluding hydrogens is 214 g/mol. The van der Waals surface area contributed by atoms with E-state index in [1.807, 2.05) is 32.9 Å². The molecule has 0 saturated carbocycles. The van der Waals surface area contributed by atoms with Gasteiger partial charge in [0.05, 0.1) is 0 Å². The molecule has 1 heterocycles. The number of allylic oxidation sites excluding steroid dienone is 2. The number of unbranched alkanes of at least 4 members (excludes halogenated alkanes) is 1. The summed E-state index contributed by atoms with van der Waals surface area (Å²) in [5, 5.41) is 4.06. The highest BCUT2D eigenvalue weighted by molar-refractivity contribution is 5.88. The first-order chi connectivity index (χ1) is 7.96. The summed E-state index contributed by atoms with van der Waals surface area (Å²) in [5.74, 6) is 0.148. The number of carbonyl (C=O) groups excluding carboxylic acids is 1. The van der Waals surface area contributed by atoms with Gasteiger partial charge in [0.25, 0.3) is 0 Å². The van der Waals surface area contributed by atoms with Crippen molar-refractivity contribution in [2.24, 2.45) is 5.41 Å². The number of rotatable bonds is 5. The van der Waals surface area contributed by atoms with Gasteiger partial charge in [0.15, 0.2) is 5.78 Å². The number of aromatic nitrogens is 3. The number of hydrogen-bond donors (Lipinski definition) is 0. The number of Topliss-reactive ketones (excluding diaryl/α,β-unsaturated/α-hetero) is 1. The van der Waals surface area contributed by atoms with Crippen molar-refractivity contribution in [3.63, 3.8) is 0 Å². The first-order valence-electron chi connectivity index (χ1n) is 6.02. The Morgan fingerprint density at radius 2 is 2.18 bits per heavy atom. The number of hydrogen-bond acceptors (Lipinski definition) is 3. The highest BCUT2D eigenvalue weighted by Crippen LogP contribution is 2.24. The molecule has 0 bridgehead atoms. The number of carbonyl (C=O) groups is 1. The van der Waals surface area contributed by atoms with Crippen molar-refractivity contribution in [3.8, 4) is 0 Å². The van der Waals surface area contributed by atoms with E-state index in [0.717, 1.165) is 12.8 Å². The molecule has 0 saturated heterocycles. The molecule has 17 heavy (non-hydrogen) atoms. The lowest BCUT2D eigenvalue weighted by atomic mass is 9.86. The first kappa shape index (κ1) is 13.6. The minimum atomic E-state index is -0.382. The Labute approximate surface area is 103 Å². The molecule has 1 atom stereocenters. The molecule has 1 unspecified atom stereocenters. The molecule has 0 aliphatic heterocycles. The van der Waals surface area contributed by atoms with Gasteiger partial charge in [-0.3, -0.25) is 4.79 Å². The van der Waals surface area contributed by atoms with Gasteiger partial charge in [0.1, 0.15) is 18.7 Å². The molecule has 0 fully saturated rings. The van der Waals surface area contributed by atoms with E-state index in [9.17, 15) is 4.79 Å². The van der Waals surface area contributed by atoms with Crippen molar-refractivity contribution in [2.45, 2.75) is 46.6 Å². The Bertz CT molecular complexity index is 374. The topological polar surface area (TPSA) is 47.8 Å². The maximum absolute atomic E-state index is 12.3. The Hall–Kier alpha value is -1.45. The highest BCUT2D eigenvalue weighted by atomic mass is 16.1. The van der Waals surface area contributed by atoms with Crippen LogP contribution in [0.1, 0.15) is 46.6 Å². The average molecular weight is 235 g/mol. The summed E-state index contributed by atoms with van der Waals surface area (Å²) >= 11 is 0. The van der Waals surface area contributed by atoms with E-state index < -0.39 is 0 Å². The van der Waals surface area contributed by atoms with Gasteiger partial charge in [0, 0.05) is 5.41 Å². The monoisotopic (exact) mass is 235 g/mol. The van der Waals surface area contributed by atoms with Crippen molar-refractivity contribution in [3.05, 3.63) is 24.8 Å². The van der Waals surface area contributed by atoms with Gasteiger partial charge in [-0.25, -0.2) is 9.67 Å². The smallest absolute Gasteiger partial charge is 0.166 e. The van der Waals surface area contributed by atoms with Crippen LogP contribution in [0.25, 0.3) is 0 Å². The lowest BCUT2D eigenvalue weighted by Gasteiger charge is -2.22. The molecule has 0 amide bonds. The molecular formula is C13H21N3O. The zero-order valence-corrected chi connectivity index (χ0v) is 11.1. The largest absolute Gasteiger partial charge is 0.296 e. The summed E-state index contributed by atoms with van der Waals surface area (Å²) in [7, 11) is 0. The van der Waals surface area contributed by atoms with Gasteiger partial charge in [0.2, 0.25) is 0 Å². The van der Waals surface area contributed by atoms with Gasteiger partial charge < -0.3 is 0 Å². The Morgan fingerprint density at radius 3 is 2.65 bits per heavy atom. The van der Waals surface area contributed by atoms with Crippen molar-refractivity contribution >= 4 is 5.78 Å². The van der Waals surface area contributed by atoms with E-state index in [4.69, 9.17) is 0 Å². The predicted octanol–water partition coefficient (Wildman–Crippen LogP) is 2.79. The SMILES string of the molecule is CCC/C=C/C(C(=O)C(C)(C)C)n1cncn1. The van der Waals surface area contributed by atoms with Crippen molar-refractivity contribution in [1.82, 2.24) is 14.8 Å². The maximum atomic E-state index is 12.3. The Kier molecular flexibility index (Phi) is 4.61. The van der Waals surface area contributed by atoms with E-state index in [1.54, 1.807) is 11.0 Å². The summed E-state index contributed by atoms with van der Waals surface area (Å²) in [5.41, 5.74) is -0.382. The summed E-state index contributed by atoms with van der Waals surface area (Å²) in [4.78, 5) is 16.2. The molecule has 4 nitrogen and oxygen atoms in total. The van der Waals surface area contributed by atoms with E-state index in [-0.39, 0.29) is 17.2 Å². The minimum absolute atomic E-state index is 0.148. The summed E-state index contributed by atoms with van der Waals surface area (Å²) in [6.07, 6.45) is 9.05. The molecule has 0 spiro atoms. The van der Waals surface area contributed by atoms with Gasteiger partial charge >= 0.3 is 0 Å². The quantitative estimate of drug-likeness (QED) is 0.737. The van der Waals surface area contributed by atoms with Crippen LogP contribution in [-0.4, -0.2) is 20.5 Å². The summed E-state index contributed by atoms with van der Waals surface area (Å²) in [6.45, 7) is 7.88. The lowest BCUT2D eigenvalue weighted by Crippen LogP contribution is -2.29. The molecule has 94 valence electrons. The van der Waals surface area contributed by atoms with Crippen molar-refractivity contribution in [1.29, 1.82) is 0 Å². The average Bonchev–Trinajstić information content (AvgIpc) is 2.75. The fourth-order valence-corrected chi connectivity index (χ4v) is 1.49. The van der Waals surface area contributed by atoms with Gasteiger partial charge in [-0.2, -0.15) is 5.10 Å². The highest BCUT2D eigenvalue weighted by Gasteiger charge is 2.29. The lowest BCUT2D eigenvalue weighted by molar-refractivity contribution is -0.128. The second-order valence-electron chi connectivity index (χ2n) is 5.15. The number of ketones is 1. The van der Waals surface area contributed by atoms with Crippen LogP contribution in [0.5, 0.6) is 0 Å². The van der Waals surface area contributed by atoms with Crippen LogP contribution >= 0.6 is 0 Å². The molecule has 1 aromatic rings. The minimum Gasteiger partial charge on any atom is -0.296 e. The molecule has 0 aliphatic rings. The standard InChI is InChI=1S/C13H21N3O/c1-5-6-7-8-11(12(17)13(2,3)4)16-10-14-9-15-16/h7-11H,5-6H2,1-4H3/b8-7+. The van der Waals surface area contributed by atoms with Crippen LogP contribution < -0.4 is 0 Å². The molecule has 1 rings (SSSR count). The van der Waals surface area contributed by atoms with Crippen molar-refractivity contribution in [2.75, 3.05) is 0 Å². The fourth-order valence-electron chi connectivity index (χ4n) is 1.49. The second kappa shape index (κ2) is 5.75. The molecule has 4 heteroatoms. The third-order valence-corrected chi connectivity index (χ3v) is 2.50. The Morgan fingerprint density at radius 1 is 1.47 bits per heavy atom. The second-order valence-corrected chi connectivity index (χ2v) is 5.15. The molecule has 0 aromatic carbocycles. The number of nitrogens with zero attached hydrogens (tertiary/aromatic N) is 3. The van der Waals surface area contributed by atoms with E-state index >= 15 is 0 Å². The zero-order valence-electron chi connectivity index (χ0n) is 11.1. The van der Waals surface area contributed by atoms with Crippen LogP contribution in [0.2, 0.25) is 0 Å². The van der Waals surface area contributed by atoms with Crippen LogP contribution in [0.3, 0.4) is 0 Å². The van der Waals surface area contributed by atoms with Gasteiger partial charge in [-0.1, -0.05) is 46.3 Å². The normalized spacial score (nSPS) is 14.1. The zero-order chi connectivity index (χ0) is 12.9. The van der Waals surface area contributed by atoms with Crippen LogP contribution in [0.4, 0.5) is 0 Å². The molecule has 1 aromatic heterocycles. The predicted molar refractivity (Wildman–Crippen MR) is 67.6 cm³/mol. The maximum Gasteiger partial charge on any atom is 0.166 e. The van der Waals surface area contributed by atoms with Gasteiger partial charge in [-0.05, 0) is 6.42 Å². The fraction of sp³-hybridized carbons (Fsp3) is 0.615. The summed E-state index contributed by atoms with van der Waals surface area (Å²) < 4.78 is 1.61. The van der Waals surface area contributed by atoms with E-state index in [2.05, 4.69) is 17.0 Å². The third kappa shape index (κ3) is 3.80. The van der Waals surface area contributed by atoms with Crippen LogP contribution in [-0.2, 0) is 4.79 Å². The van der Waals surface area contributed by atoms with Crippen LogP contribution in [0, 0.1) is 5.41 Å². The third-order valence-electron chi connectivity index (χ3n) is 2.50. The van der Waals surface area contributed by atoms with Crippen molar-refractivity contribution < 1.29 is 4.79 Å². The summed E-state index contributed by atoms with van der Waals surface area (Å²) in [6, 6.07) is -0.343. The first-order valence-corrected chi connectivity index (χ1v) is 6.02.